The summed E-state index contributed by atoms with van der Waals surface area (Å²) in [6.45, 7) is 0. The lowest BCUT2D eigenvalue weighted by atomic mass is 10.2. The fraction of sp³-hybridized carbons (Fsp3) is 0.158. The van der Waals surface area contributed by atoms with Crippen LogP contribution in [0.25, 0.3) is 10.9 Å². The third kappa shape index (κ3) is 3.70. The fourth-order valence-corrected chi connectivity index (χ4v) is 3.53. The van der Waals surface area contributed by atoms with Gasteiger partial charge < -0.3 is 20.4 Å². The lowest BCUT2D eigenvalue weighted by Crippen LogP contribution is -2.20. The third-order valence-electron chi connectivity index (χ3n) is 4.17. The molecule has 4 rings (SSSR count). The summed E-state index contributed by atoms with van der Waals surface area (Å²) in [6, 6.07) is 14.4. The van der Waals surface area contributed by atoms with Crippen molar-refractivity contribution >= 4 is 51.7 Å². The number of H-pyrrole nitrogens is 1. The van der Waals surface area contributed by atoms with Crippen LogP contribution in [-0.2, 0) is 9.53 Å². The van der Waals surface area contributed by atoms with Crippen molar-refractivity contribution in [3.05, 3.63) is 54.1 Å². The van der Waals surface area contributed by atoms with E-state index in [0.717, 1.165) is 22.4 Å². The maximum absolute atomic E-state index is 12.2. The Bertz CT molecular complexity index is 1060. The number of hydrogen-bond donors (Lipinski definition) is 3. The molecule has 8 nitrogen and oxygen atoms in total. The molecule has 2 heterocycles. The van der Waals surface area contributed by atoms with Crippen LogP contribution < -0.4 is 10.6 Å². The highest BCUT2D eigenvalue weighted by molar-refractivity contribution is 8.00. The predicted molar refractivity (Wildman–Crippen MR) is 109 cm³/mol. The SMILES string of the molecule is COC(=O)c1ccc(NC(=O)CS[C@H]2N=Nc3c([nH]c4ccccc34)N2)cc1. The van der Waals surface area contributed by atoms with Crippen molar-refractivity contribution < 1.29 is 14.3 Å². The van der Waals surface area contributed by atoms with Crippen LogP contribution in [0.5, 0.6) is 0 Å². The number of carbonyl (C=O) groups is 2. The molecule has 0 fully saturated rings. The van der Waals surface area contributed by atoms with Crippen molar-refractivity contribution in [2.24, 2.45) is 10.2 Å². The highest BCUT2D eigenvalue weighted by atomic mass is 32.2. The zero-order valence-electron chi connectivity index (χ0n) is 14.9. The normalized spacial score (nSPS) is 15.0. The van der Waals surface area contributed by atoms with E-state index in [1.54, 1.807) is 24.3 Å². The molecule has 28 heavy (non-hydrogen) atoms. The van der Waals surface area contributed by atoms with Gasteiger partial charge in [-0.05, 0) is 30.3 Å². The largest absolute Gasteiger partial charge is 0.465 e. The van der Waals surface area contributed by atoms with Gasteiger partial charge in [0.2, 0.25) is 5.91 Å². The molecule has 1 amide bonds. The van der Waals surface area contributed by atoms with Crippen molar-refractivity contribution in [1.82, 2.24) is 4.98 Å². The van der Waals surface area contributed by atoms with E-state index < -0.39 is 5.97 Å². The van der Waals surface area contributed by atoms with Gasteiger partial charge in [-0.15, -0.1) is 16.9 Å². The second kappa shape index (κ2) is 7.73. The molecule has 9 heteroatoms. The number of benzene rings is 2. The molecule has 0 saturated heterocycles. The lowest BCUT2D eigenvalue weighted by Gasteiger charge is -2.17. The van der Waals surface area contributed by atoms with Crippen LogP contribution in [0, 0.1) is 0 Å². The first-order valence-corrected chi connectivity index (χ1v) is 9.57. The Morgan fingerprint density at radius 3 is 2.75 bits per heavy atom. The van der Waals surface area contributed by atoms with E-state index in [9.17, 15) is 9.59 Å². The van der Waals surface area contributed by atoms with E-state index in [2.05, 4.69) is 30.6 Å². The molecule has 3 aromatic rings. The van der Waals surface area contributed by atoms with E-state index in [0.29, 0.717) is 11.3 Å². The van der Waals surface area contributed by atoms with Gasteiger partial charge in [0, 0.05) is 16.6 Å². The highest BCUT2D eigenvalue weighted by Gasteiger charge is 2.20. The molecule has 0 spiro atoms. The van der Waals surface area contributed by atoms with Gasteiger partial charge in [0.25, 0.3) is 0 Å². The molecule has 3 N–H and O–H groups in total. The average Bonchev–Trinajstić information content (AvgIpc) is 3.10. The maximum atomic E-state index is 12.2. The molecule has 1 aliphatic rings. The summed E-state index contributed by atoms with van der Waals surface area (Å²) in [6.07, 6.45) is 0. The number of azo groups is 1. The van der Waals surface area contributed by atoms with Crippen LogP contribution in [0.1, 0.15) is 10.4 Å². The number of aromatic amines is 1. The number of thioether (sulfide) groups is 1. The number of esters is 1. The van der Waals surface area contributed by atoms with Crippen LogP contribution in [0.2, 0.25) is 0 Å². The van der Waals surface area contributed by atoms with Gasteiger partial charge in [-0.1, -0.05) is 18.2 Å². The fourth-order valence-electron chi connectivity index (χ4n) is 2.83. The van der Waals surface area contributed by atoms with E-state index in [-0.39, 0.29) is 17.2 Å². The van der Waals surface area contributed by atoms with Crippen LogP contribution in [0.3, 0.4) is 0 Å². The van der Waals surface area contributed by atoms with Gasteiger partial charge in [-0.2, -0.15) is 5.11 Å². The number of carbonyl (C=O) groups excluding carboxylic acids is 2. The minimum atomic E-state index is -0.418. The van der Waals surface area contributed by atoms with Gasteiger partial charge in [-0.25, -0.2) is 4.79 Å². The summed E-state index contributed by atoms with van der Waals surface area (Å²) in [5, 5.41) is 15.6. The molecule has 1 atom stereocenters. The number of ether oxygens (including phenoxy) is 1. The highest BCUT2D eigenvalue weighted by Crippen LogP contribution is 2.38. The van der Waals surface area contributed by atoms with Crippen molar-refractivity contribution in [3.63, 3.8) is 0 Å². The summed E-state index contributed by atoms with van der Waals surface area (Å²) in [7, 11) is 1.32. The second-order valence-electron chi connectivity index (χ2n) is 6.03. The Morgan fingerprint density at radius 1 is 1.18 bits per heavy atom. The van der Waals surface area contributed by atoms with Gasteiger partial charge >= 0.3 is 5.97 Å². The summed E-state index contributed by atoms with van der Waals surface area (Å²) >= 11 is 1.33. The average molecular weight is 395 g/mol. The molecule has 1 aromatic heterocycles. The number of hydrogen-bond acceptors (Lipinski definition) is 7. The number of methoxy groups -OCH3 is 1. The number of para-hydroxylation sites is 1. The molecule has 0 saturated carbocycles. The molecule has 1 aliphatic heterocycles. The number of nitrogens with one attached hydrogen (secondary N) is 3. The summed E-state index contributed by atoms with van der Waals surface area (Å²) < 4.78 is 4.65. The summed E-state index contributed by atoms with van der Waals surface area (Å²) in [5.41, 5.74) is 2.44. The first kappa shape index (κ1) is 18.1. The molecule has 2 aromatic carbocycles. The molecule has 0 aliphatic carbocycles. The van der Waals surface area contributed by atoms with Gasteiger partial charge in [0.15, 0.2) is 5.50 Å². The van der Waals surface area contributed by atoms with Crippen molar-refractivity contribution in [1.29, 1.82) is 0 Å². The Labute approximate surface area is 164 Å². The van der Waals surface area contributed by atoms with Crippen molar-refractivity contribution in [2.45, 2.75) is 5.50 Å². The first-order valence-electron chi connectivity index (χ1n) is 8.52. The molecule has 0 bridgehead atoms. The minimum absolute atomic E-state index is 0.171. The van der Waals surface area contributed by atoms with E-state index in [1.165, 1.54) is 18.9 Å². The van der Waals surface area contributed by atoms with E-state index >= 15 is 0 Å². The Hall–Kier alpha value is -3.33. The summed E-state index contributed by atoms with van der Waals surface area (Å²) in [5.74, 6) is 0.409. The van der Waals surface area contributed by atoms with Crippen LogP contribution in [0.4, 0.5) is 17.2 Å². The molecule has 142 valence electrons. The van der Waals surface area contributed by atoms with Crippen LogP contribution >= 0.6 is 11.8 Å². The van der Waals surface area contributed by atoms with Crippen LogP contribution in [0.15, 0.2) is 58.8 Å². The predicted octanol–water partition coefficient (Wildman–Crippen LogP) is 4.12. The number of aromatic nitrogens is 1. The Kier molecular flexibility index (Phi) is 4.98. The van der Waals surface area contributed by atoms with E-state index in [1.807, 2.05) is 24.3 Å². The monoisotopic (exact) mass is 395 g/mol. The molecular formula is C19H17N5O3S. The third-order valence-corrected chi connectivity index (χ3v) is 5.13. The number of fused-ring (bicyclic) bond motifs is 3. The number of amides is 1. The van der Waals surface area contributed by atoms with Crippen LogP contribution in [-0.4, -0.2) is 35.2 Å². The molecular weight excluding hydrogens is 378 g/mol. The topological polar surface area (TPSA) is 108 Å². The molecule has 0 unspecified atom stereocenters. The molecule has 0 radical (unpaired) electrons. The van der Waals surface area contributed by atoms with Gasteiger partial charge in [-0.3, -0.25) is 4.79 Å². The van der Waals surface area contributed by atoms with Gasteiger partial charge in [0.1, 0.15) is 11.5 Å². The summed E-state index contributed by atoms with van der Waals surface area (Å²) in [4.78, 5) is 26.9. The maximum Gasteiger partial charge on any atom is 0.337 e. The van der Waals surface area contributed by atoms with Gasteiger partial charge in [0.05, 0.1) is 18.4 Å². The Morgan fingerprint density at radius 2 is 1.96 bits per heavy atom. The zero-order valence-corrected chi connectivity index (χ0v) is 15.7. The first-order chi connectivity index (χ1) is 13.6. The smallest absolute Gasteiger partial charge is 0.337 e. The second-order valence-corrected chi connectivity index (χ2v) is 7.10. The lowest BCUT2D eigenvalue weighted by molar-refractivity contribution is -0.113. The van der Waals surface area contributed by atoms with E-state index in [4.69, 9.17) is 0 Å². The zero-order chi connectivity index (χ0) is 19.5. The Balaban J connectivity index is 1.32. The standard InChI is InChI=1S/C19H17N5O3S/c1-27-18(26)11-6-8-12(9-7-11)20-15(25)10-28-19-22-17-16(23-24-19)13-4-2-3-5-14(13)21-17/h2-9,19,21-22H,10H2,1H3,(H,20,25)/t19-/m1/s1. The van der Waals surface area contributed by atoms with Crippen molar-refractivity contribution in [2.75, 3.05) is 23.5 Å². The minimum Gasteiger partial charge on any atom is -0.465 e. The van der Waals surface area contributed by atoms with Crippen molar-refractivity contribution in [3.8, 4) is 0 Å². The number of anilines is 2. The number of rotatable bonds is 5. The quantitative estimate of drug-likeness (QED) is 0.563. The number of nitrogens with zero attached hydrogens (tertiary/aromatic N) is 2.